The van der Waals surface area contributed by atoms with Crippen molar-refractivity contribution >= 4 is 16.5 Å². The smallest absolute Gasteiger partial charge is 0.150 e. The normalized spacial score (nSPS) is 11.9. The number of pyridine rings is 1. The number of unbranched alkanes of at least 4 members (excludes halogenated alkanes) is 2. The Labute approximate surface area is 91.6 Å². The minimum absolute atomic E-state index is 0.453. The fraction of sp³-hybridized carbons (Fsp3) is 0.400. The lowest BCUT2D eigenvalue weighted by Gasteiger charge is -2.03. The van der Waals surface area contributed by atoms with Crippen molar-refractivity contribution in [3.8, 4) is 6.07 Å². The van der Waals surface area contributed by atoms with Gasteiger partial charge in [0, 0.05) is 18.4 Å². The van der Waals surface area contributed by atoms with Gasteiger partial charge in [-0.05, 0) is 25.0 Å². The molecule has 0 spiro atoms. The van der Waals surface area contributed by atoms with Crippen LogP contribution in [-0.2, 0) is 10.8 Å². The third-order valence-corrected chi connectivity index (χ3v) is 3.32. The summed E-state index contributed by atoms with van der Waals surface area (Å²) in [5.74, 6) is 0.517. The van der Waals surface area contributed by atoms with Crippen molar-refractivity contribution in [1.82, 2.24) is 4.98 Å². The van der Waals surface area contributed by atoms with E-state index in [1.165, 1.54) is 0 Å². The molecule has 1 unspecified atom stereocenters. The SMILES string of the molecule is N#CCCCCS(=O)c1ncccc1N. The Bertz CT molecular complexity index is 386. The zero-order chi connectivity index (χ0) is 11.1. The van der Waals surface area contributed by atoms with Gasteiger partial charge in [0.2, 0.25) is 0 Å². The standard InChI is InChI=1S/C10H13N3OS/c11-6-2-1-3-8-15(14)10-9(12)5-4-7-13-10/h4-5,7H,1-3,8,12H2. The van der Waals surface area contributed by atoms with Crippen molar-refractivity contribution in [3.05, 3.63) is 18.3 Å². The first-order valence-electron chi connectivity index (χ1n) is 4.71. The maximum absolute atomic E-state index is 11.7. The first-order chi connectivity index (χ1) is 7.25. The van der Waals surface area contributed by atoms with Crippen LogP contribution in [0.5, 0.6) is 0 Å². The molecule has 15 heavy (non-hydrogen) atoms. The molecule has 1 atom stereocenters. The molecule has 0 aromatic carbocycles. The van der Waals surface area contributed by atoms with E-state index in [1.54, 1.807) is 18.3 Å². The summed E-state index contributed by atoms with van der Waals surface area (Å²) in [6, 6.07) is 5.46. The van der Waals surface area contributed by atoms with Gasteiger partial charge in [-0.1, -0.05) is 0 Å². The minimum Gasteiger partial charge on any atom is -0.396 e. The molecule has 0 saturated carbocycles. The Kier molecular flexibility index (Phi) is 4.78. The second kappa shape index (κ2) is 6.14. The Hall–Kier alpha value is -1.41. The number of nitrogens with two attached hydrogens (primary N) is 1. The van der Waals surface area contributed by atoms with Crippen LogP contribution in [0.1, 0.15) is 19.3 Å². The van der Waals surface area contributed by atoms with E-state index in [2.05, 4.69) is 11.1 Å². The number of nitriles is 1. The highest BCUT2D eigenvalue weighted by Gasteiger charge is 2.07. The van der Waals surface area contributed by atoms with E-state index in [4.69, 9.17) is 11.0 Å². The van der Waals surface area contributed by atoms with Crippen LogP contribution >= 0.6 is 0 Å². The third-order valence-electron chi connectivity index (χ3n) is 1.88. The summed E-state index contributed by atoms with van der Waals surface area (Å²) in [6.07, 6.45) is 3.62. The number of rotatable bonds is 5. The second-order valence-electron chi connectivity index (χ2n) is 3.06. The van der Waals surface area contributed by atoms with Gasteiger partial charge in [0.15, 0.2) is 0 Å². The third kappa shape index (κ3) is 3.68. The molecule has 1 aromatic heterocycles. The van der Waals surface area contributed by atoms with Crippen LogP contribution in [0.2, 0.25) is 0 Å². The van der Waals surface area contributed by atoms with Gasteiger partial charge in [-0.2, -0.15) is 5.26 Å². The number of nitrogen functional groups attached to an aromatic ring is 1. The highest BCUT2D eigenvalue weighted by Crippen LogP contribution is 2.13. The van der Waals surface area contributed by atoms with E-state index in [-0.39, 0.29) is 0 Å². The molecule has 0 radical (unpaired) electrons. The monoisotopic (exact) mass is 223 g/mol. The zero-order valence-corrected chi connectivity index (χ0v) is 9.17. The van der Waals surface area contributed by atoms with Crippen molar-refractivity contribution in [3.63, 3.8) is 0 Å². The summed E-state index contributed by atoms with van der Waals surface area (Å²) in [5, 5.41) is 8.79. The van der Waals surface area contributed by atoms with E-state index < -0.39 is 10.8 Å². The van der Waals surface area contributed by atoms with Crippen LogP contribution in [0.25, 0.3) is 0 Å². The lowest BCUT2D eigenvalue weighted by Crippen LogP contribution is -2.04. The summed E-state index contributed by atoms with van der Waals surface area (Å²) in [7, 11) is -1.14. The first-order valence-corrected chi connectivity index (χ1v) is 6.03. The molecule has 1 aromatic rings. The molecule has 0 saturated heterocycles. The van der Waals surface area contributed by atoms with Gasteiger partial charge in [0.1, 0.15) is 5.03 Å². The summed E-state index contributed by atoms with van der Waals surface area (Å²) >= 11 is 0. The maximum atomic E-state index is 11.7. The van der Waals surface area contributed by atoms with Gasteiger partial charge in [-0.25, -0.2) is 4.98 Å². The number of hydrogen-bond donors (Lipinski definition) is 1. The molecule has 5 heteroatoms. The summed E-state index contributed by atoms with van der Waals surface area (Å²) in [6.45, 7) is 0. The van der Waals surface area contributed by atoms with Gasteiger partial charge in [-0.3, -0.25) is 4.21 Å². The van der Waals surface area contributed by atoms with Crippen LogP contribution in [0.15, 0.2) is 23.4 Å². The molecular weight excluding hydrogens is 210 g/mol. The predicted octanol–water partition coefficient (Wildman–Crippen LogP) is 1.47. The molecule has 0 bridgehead atoms. The molecule has 80 valence electrons. The molecular formula is C10H13N3OS. The van der Waals surface area contributed by atoms with Crippen LogP contribution in [0.4, 0.5) is 5.69 Å². The molecule has 0 aliphatic rings. The van der Waals surface area contributed by atoms with Gasteiger partial charge < -0.3 is 5.73 Å². The topological polar surface area (TPSA) is 79.8 Å². The van der Waals surface area contributed by atoms with Gasteiger partial charge in [0.25, 0.3) is 0 Å². The Morgan fingerprint density at radius 1 is 1.53 bits per heavy atom. The van der Waals surface area contributed by atoms with Gasteiger partial charge >= 0.3 is 0 Å². The van der Waals surface area contributed by atoms with Gasteiger partial charge in [0.05, 0.1) is 22.6 Å². The van der Waals surface area contributed by atoms with E-state index in [0.717, 1.165) is 12.8 Å². The molecule has 0 aliphatic carbocycles. The number of aromatic nitrogens is 1. The van der Waals surface area contributed by atoms with E-state index in [9.17, 15) is 4.21 Å². The van der Waals surface area contributed by atoms with Crippen LogP contribution in [-0.4, -0.2) is 14.9 Å². The Morgan fingerprint density at radius 3 is 3.00 bits per heavy atom. The summed E-state index contributed by atoms with van der Waals surface area (Å²) in [4.78, 5) is 3.99. The number of anilines is 1. The first kappa shape index (κ1) is 11.7. The molecule has 4 nitrogen and oxygen atoms in total. The van der Waals surface area contributed by atoms with Crippen molar-refractivity contribution in [2.24, 2.45) is 0 Å². The molecule has 1 rings (SSSR count). The number of hydrogen-bond acceptors (Lipinski definition) is 4. The minimum atomic E-state index is -1.14. The molecule has 0 aliphatic heterocycles. The highest BCUT2D eigenvalue weighted by atomic mass is 32.2. The van der Waals surface area contributed by atoms with E-state index >= 15 is 0 Å². The van der Waals surface area contributed by atoms with E-state index in [0.29, 0.717) is 22.9 Å². The average Bonchev–Trinajstić information content (AvgIpc) is 2.25. The van der Waals surface area contributed by atoms with Crippen molar-refractivity contribution in [1.29, 1.82) is 5.26 Å². The van der Waals surface area contributed by atoms with Crippen molar-refractivity contribution in [2.45, 2.75) is 24.3 Å². The largest absolute Gasteiger partial charge is 0.396 e. The molecule has 1 heterocycles. The predicted molar refractivity (Wildman–Crippen MR) is 59.4 cm³/mol. The molecule has 0 amide bonds. The Balaban J connectivity index is 2.48. The summed E-state index contributed by atoms with van der Waals surface area (Å²) in [5.41, 5.74) is 6.11. The lowest BCUT2D eigenvalue weighted by molar-refractivity contribution is 0.675. The quantitative estimate of drug-likeness (QED) is 0.766. The maximum Gasteiger partial charge on any atom is 0.150 e. The lowest BCUT2D eigenvalue weighted by atomic mass is 10.3. The Morgan fingerprint density at radius 2 is 2.33 bits per heavy atom. The van der Waals surface area contributed by atoms with Crippen molar-refractivity contribution < 1.29 is 4.21 Å². The zero-order valence-electron chi connectivity index (χ0n) is 8.35. The van der Waals surface area contributed by atoms with Gasteiger partial charge in [-0.15, -0.1) is 0 Å². The van der Waals surface area contributed by atoms with Crippen LogP contribution < -0.4 is 5.73 Å². The van der Waals surface area contributed by atoms with E-state index in [1.807, 2.05) is 0 Å². The second-order valence-corrected chi connectivity index (χ2v) is 4.55. The fourth-order valence-corrected chi connectivity index (χ4v) is 2.30. The van der Waals surface area contributed by atoms with Crippen LogP contribution in [0.3, 0.4) is 0 Å². The highest BCUT2D eigenvalue weighted by molar-refractivity contribution is 7.85. The van der Waals surface area contributed by atoms with Crippen LogP contribution in [0, 0.1) is 11.3 Å². The fourth-order valence-electron chi connectivity index (χ4n) is 1.13. The van der Waals surface area contributed by atoms with Crippen molar-refractivity contribution in [2.75, 3.05) is 11.5 Å². The molecule has 2 N–H and O–H groups in total. The number of nitrogens with zero attached hydrogens (tertiary/aromatic N) is 2. The molecule has 0 fully saturated rings. The summed E-state index contributed by atoms with van der Waals surface area (Å²) < 4.78 is 11.7. The average molecular weight is 223 g/mol.